The molecule has 0 saturated heterocycles. The van der Waals surface area contributed by atoms with Gasteiger partial charge in [-0.25, -0.2) is 0 Å². The quantitative estimate of drug-likeness (QED) is 0.787. The molecule has 0 aliphatic carbocycles. The van der Waals surface area contributed by atoms with Crippen LogP contribution in [-0.4, -0.2) is 5.91 Å². The van der Waals surface area contributed by atoms with E-state index in [2.05, 4.69) is 0 Å². The number of hydrogen-bond acceptors (Lipinski definition) is 2. The minimum absolute atomic E-state index is 0.458. The third-order valence-electron chi connectivity index (χ3n) is 1.96. The van der Waals surface area contributed by atoms with Crippen LogP contribution in [0.3, 0.4) is 0 Å². The molecule has 1 radical (unpaired) electrons. The molecular formula is C11H7ClNOS. The summed E-state index contributed by atoms with van der Waals surface area (Å²) in [5.41, 5.74) is 7.99. The first-order chi connectivity index (χ1) is 7.16. The van der Waals surface area contributed by atoms with E-state index in [0.29, 0.717) is 9.90 Å². The molecule has 0 saturated carbocycles. The first-order valence-corrected chi connectivity index (χ1v) is 5.48. The first kappa shape index (κ1) is 10.2. The van der Waals surface area contributed by atoms with Gasteiger partial charge in [-0.15, -0.1) is 11.3 Å². The molecule has 4 heteroatoms. The molecule has 1 aromatic carbocycles. The Morgan fingerprint density at radius 3 is 2.33 bits per heavy atom. The van der Waals surface area contributed by atoms with Gasteiger partial charge in [0, 0.05) is 9.90 Å². The van der Waals surface area contributed by atoms with Gasteiger partial charge < -0.3 is 0 Å². The van der Waals surface area contributed by atoms with Crippen molar-refractivity contribution in [2.45, 2.75) is 0 Å². The van der Waals surface area contributed by atoms with E-state index >= 15 is 0 Å². The van der Waals surface area contributed by atoms with Crippen molar-refractivity contribution in [2.75, 3.05) is 0 Å². The summed E-state index contributed by atoms with van der Waals surface area (Å²) in [6.45, 7) is 0. The van der Waals surface area contributed by atoms with Crippen LogP contribution in [0.15, 0.2) is 36.4 Å². The van der Waals surface area contributed by atoms with Crippen LogP contribution in [0.5, 0.6) is 0 Å². The number of carbonyl (C=O) groups is 1. The van der Waals surface area contributed by atoms with E-state index in [1.807, 2.05) is 18.2 Å². The highest BCUT2D eigenvalue weighted by Gasteiger charge is 2.06. The lowest BCUT2D eigenvalue weighted by Gasteiger charge is -1.96. The monoisotopic (exact) mass is 236 g/mol. The second-order valence-corrected chi connectivity index (χ2v) is 4.52. The molecule has 15 heavy (non-hydrogen) atoms. The zero-order chi connectivity index (χ0) is 10.8. The number of hydrogen-bond donors (Lipinski definition) is 0. The number of thiophene rings is 1. The molecule has 0 fully saturated rings. The molecule has 0 unspecified atom stereocenters. The van der Waals surface area contributed by atoms with Crippen LogP contribution in [0.25, 0.3) is 10.4 Å². The van der Waals surface area contributed by atoms with Gasteiger partial charge in [-0.05, 0) is 29.8 Å². The molecule has 1 heterocycles. The molecule has 0 spiro atoms. The fraction of sp³-hybridized carbons (Fsp3) is 0. The standard InChI is InChI=1S/C11H7ClNOS/c12-8-3-1-7(2-4-8)9-5-6-10(15-9)11(13)14/h1-6,13H. The van der Waals surface area contributed by atoms with Crippen LogP contribution in [0, 0.1) is 0 Å². The van der Waals surface area contributed by atoms with Crippen LogP contribution in [0.1, 0.15) is 9.67 Å². The summed E-state index contributed by atoms with van der Waals surface area (Å²) < 4.78 is 0. The number of amides is 1. The number of halogens is 1. The van der Waals surface area contributed by atoms with Gasteiger partial charge in [0.1, 0.15) is 0 Å². The van der Waals surface area contributed by atoms with Crippen molar-refractivity contribution in [3.8, 4) is 10.4 Å². The van der Waals surface area contributed by atoms with Gasteiger partial charge in [0.05, 0.1) is 4.88 Å². The third kappa shape index (κ3) is 2.19. The highest BCUT2D eigenvalue weighted by Crippen LogP contribution is 2.28. The van der Waals surface area contributed by atoms with Gasteiger partial charge in [0.15, 0.2) is 0 Å². The van der Waals surface area contributed by atoms with E-state index in [0.717, 1.165) is 10.4 Å². The van der Waals surface area contributed by atoms with Crippen LogP contribution in [0.4, 0.5) is 0 Å². The number of carbonyl (C=O) groups excluding carboxylic acids is 1. The minimum atomic E-state index is -0.639. The molecule has 2 aromatic rings. The summed E-state index contributed by atoms with van der Waals surface area (Å²) in [6, 6.07) is 10.9. The third-order valence-corrected chi connectivity index (χ3v) is 3.34. The Morgan fingerprint density at radius 2 is 1.80 bits per heavy atom. The average Bonchev–Trinajstić information content (AvgIpc) is 2.68. The summed E-state index contributed by atoms with van der Waals surface area (Å²) in [6.07, 6.45) is 0. The molecule has 2 nitrogen and oxygen atoms in total. The molecule has 0 aliphatic rings. The zero-order valence-corrected chi connectivity index (χ0v) is 9.23. The number of rotatable bonds is 2. The van der Waals surface area contributed by atoms with E-state index < -0.39 is 5.91 Å². The molecular weight excluding hydrogens is 230 g/mol. The summed E-state index contributed by atoms with van der Waals surface area (Å²) in [4.78, 5) is 12.2. The highest BCUT2D eigenvalue weighted by atomic mass is 35.5. The van der Waals surface area contributed by atoms with Crippen molar-refractivity contribution in [1.29, 1.82) is 0 Å². The second kappa shape index (κ2) is 4.04. The summed E-state index contributed by atoms with van der Waals surface area (Å²) >= 11 is 7.09. The van der Waals surface area contributed by atoms with Gasteiger partial charge in [-0.2, -0.15) is 0 Å². The average molecular weight is 237 g/mol. The summed E-state index contributed by atoms with van der Waals surface area (Å²) in [5.74, 6) is -0.639. The van der Waals surface area contributed by atoms with Crippen molar-refractivity contribution >= 4 is 28.8 Å². The van der Waals surface area contributed by atoms with E-state index in [4.69, 9.17) is 17.3 Å². The molecule has 1 amide bonds. The van der Waals surface area contributed by atoms with Gasteiger partial charge in [0.25, 0.3) is 5.91 Å². The van der Waals surface area contributed by atoms with Crippen LogP contribution in [0.2, 0.25) is 5.02 Å². The Hall–Kier alpha value is -1.32. The maximum absolute atomic E-state index is 10.8. The topological polar surface area (TPSA) is 40.9 Å². The lowest BCUT2D eigenvalue weighted by atomic mass is 10.2. The van der Waals surface area contributed by atoms with E-state index in [1.165, 1.54) is 11.3 Å². The molecule has 75 valence electrons. The van der Waals surface area contributed by atoms with Gasteiger partial charge >= 0.3 is 0 Å². The molecule has 0 atom stereocenters. The predicted octanol–water partition coefficient (Wildman–Crippen LogP) is 3.49. The second-order valence-electron chi connectivity index (χ2n) is 3.00. The molecule has 1 aromatic heterocycles. The largest absolute Gasteiger partial charge is 0.279 e. The molecule has 0 bridgehead atoms. The van der Waals surface area contributed by atoms with Crippen molar-refractivity contribution in [1.82, 2.24) is 5.73 Å². The maximum atomic E-state index is 10.8. The first-order valence-electron chi connectivity index (χ1n) is 4.28. The van der Waals surface area contributed by atoms with Gasteiger partial charge in [0.2, 0.25) is 0 Å². The molecule has 2 rings (SSSR count). The lowest BCUT2D eigenvalue weighted by molar-refractivity contribution is 0.0996. The lowest BCUT2D eigenvalue weighted by Crippen LogP contribution is -1.93. The van der Waals surface area contributed by atoms with E-state index in [-0.39, 0.29) is 0 Å². The number of benzene rings is 1. The number of nitrogens with one attached hydrogen (secondary N) is 1. The highest BCUT2D eigenvalue weighted by molar-refractivity contribution is 7.17. The molecule has 1 N–H and O–H groups in total. The fourth-order valence-electron chi connectivity index (χ4n) is 1.23. The Kier molecular flexibility index (Phi) is 2.75. The van der Waals surface area contributed by atoms with E-state index in [9.17, 15) is 4.79 Å². The van der Waals surface area contributed by atoms with Crippen LogP contribution >= 0.6 is 22.9 Å². The smallest absolute Gasteiger partial charge is 0.266 e. The Bertz CT molecular complexity index is 490. The summed E-state index contributed by atoms with van der Waals surface area (Å²) in [7, 11) is 0. The predicted molar refractivity (Wildman–Crippen MR) is 62.2 cm³/mol. The van der Waals surface area contributed by atoms with Crippen molar-refractivity contribution in [3.63, 3.8) is 0 Å². The fourth-order valence-corrected chi connectivity index (χ4v) is 2.21. The summed E-state index contributed by atoms with van der Waals surface area (Å²) in [5, 5.41) is 0.687. The Labute approximate surface area is 96.3 Å². The van der Waals surface area contributed by atoms with E-state index in [1.54, 1.807) is 18.2 Å². The zero-order valence-electron chi connectivity index (χ0n) is 7.66. The Morgan fingerprint density at radius 1 is 1.13 bits per heavy atom. The van der Waals surface area contributed by atoms with Gasteiger partial charge in [-0.3, -0.25) is 10.5 Å². The van der Waals surface area contributed by atoms with Crippen LogP contribution in [-0.2, 0) is 0 Å². The Balaban J connectivity index is 2.37. The van der Waals surface area contributed by atoms with Crippen LogP contribution < -0.4 is 5.73 Å². The van der Waals surface area contributed by atoms with Crippen molar-refractivity contribution < 1.29 is 4.79 Å². The normalized spacial score (nSPS) is 10.2. The maximum Gasteiger partial charge on any atom is 0.279 e. The van der Waals surface area contributed by atoms with Gasteiger partial charge in [-0.1, -0.05) is 23.7 Å². The molecule has 0 aliphatic heterocycles. The minimum Gasteiger partial charge on any atom is -0.266 e. The van der Waals surface area contributed by atoms with Crippen molar-refractivity contribution in [3.05, 3.63) is 46.3 Å². The van der Waals surface area contributed by atoms with Crippen molar-refractivity contribution in [2.24, 2.45) is 0 Å². The SMILES string of the molecule is [NH]C(=O)c1ccc(-c2ccc(Cl)cc2)s1.